The summed E-state index contributed by atoms with van der Waals surface area (Å²) in [5.74, 6) is 1.17. The number of benzene rings is 2. The molecule has 0 fully saturated rings. The number of rotatable bonds is 5. The second-order valence-corrected chi connectivity index (χ2v) is 4.84. The van der Waals surface area contributed by atoms with Crippen molar-refractivity contribution in [3.63, 3.8) is 0 Å². The molecule has 0 radical (unpaired) electrons. The van der Waals surface area contributed by atoms with Gasteiger partial charge in [-0.15, -0.1) is 0 Å². The highest BCUT2D eigenvalue weighted by molar-refractivity contribution is 5.29. The van der Waals surface area contributed by atoms with Crippen LogP contribution in [0, 0.1) is 0 Å². The maximum atomic E-state index is 10.2. The van der Waals surface area contributed by atoms with Gasteiger partial charge in [-0.2, -0.15) is 0 Å². The van der Waals surface area contributed by atoms with Crippen LogP contribution in [0.3, 0.4) is 0 Å². The zero-order chi connectivity index (χ0) is 13.7. The molecule has 0 aliphatic carbocycles. The zero-order valence-electron chi connectivity index (χ0n) is 11.4. The molecule has 2 atom stereocenters. The van der Waals surface area contributed by atoms with Crippen LogP contribution in [0.1, 0.15) is 36.5 Å². The quantitative estimate of drug-likeness (QED) is 0.878. The first-order chi connectivity index (χ1) is 9.20. The monoisotopic (exact) mass is 256 g/mol. The van der Waals surface area contributed by atoms with Crippen LogP contribution in [-0.2, 0) is 0 Å². The molecule has 2 unspecified atom stereocenters. The summed E-state index contributed by atoms with van der Waals surface area (Å²) in [7, 11) is 1.66. The molecule has 0 saturated heterocycles. The summed E-state index contributed by atoms with van der Waals surface area (Å²) in [6, 6.07) is 17.8. The number of aliphatic hydroxyl groups excluding tert-OH is 1. The maximum Gasteiger partial charge on any atom is 0.118 e. The minimum Gasteiger partial charge on any atom is -0.497 e. The molecule has 0 bridgehead atoms. The van der Waals surface area contributed by atoms with Crippen molar-refractivity contribution >= 4 is 0 Å². The third kappa shape index (κ3) is 3.58. The fraction of sp³-hybridized carbons (Fsp3) is 0.294. The van der Waals surface area contributed by atoms with E-state index in [-0.39, 0.29) is 0 Å². The van der Waals surface area contributed by atoms with Crippen molar-refractivity contribution in [2.24, 2.45) is 0 Å². The molecular formula is C17H20O2. The van der Waals surface area contributed by atoms with Crippen LogP contribution >= 0.6 is 0 Å². The second kappa shape index (κ2) is 6.39. The Kier molecular flexibility index (Phi) is 4.58. The van der Waals surface area contributed by atoms with Crippen molar-refractivity contribution < 1.29 is 9.84 Å². The van der Waals surface area contributed by atoms with Crippen LogP contribution in [0.25, 0.3) is 0 Å². The highest BCUT2D eigenvalue weighted by Crippen LogP contribution is 2.28. The summed E-state index contributed by atoms with van der Waals surface area (Å²) < 4.78 is 5.15. The van der Waals surface area contributed by atoms with Crippen molar-refractivity contribution in [2.75, 3.05) is 7.11 Å². The molecule has 0 aliphatic rings. The molecule has 0 heterocycles. The van der Waals surface area contributed by atoms with Crippen LogP contribution < -0.4 is 4.74 Å². The molecule has 100 valence electrons. The van der Waals surface area contributed by atoms with Gasteiger partial charge in [0.25, 0.3) is 0 Å². The van der Waals surface area contributed by atoms with Gasteiger partial charge in [-0.3, -0.25) is 0 Å². The van der Waals surface area contributed by atoms with E-state index in [1.54, 1.807) is 7.11 Å². The van der Waals surface area contributed by atoms with Gasteiger partial charge in [0.2, 0.25) is 0 Å². The Labute approximate surface area is 114 Å². The maximum absolute atomic E-state index is 10.2. The van der Waals surface area contributed by atoms with Gasteiger partial charge in [0.05, 0.1) is 13.2 Å². The van der Waals surface area contributed by atoms with Gasteiger partial charge >= 0.3 is 0 Å². The van der Waals surface area contributed by atoms with Crippen molar-refractivity contribution in [2.45, 2.75) is 25.4 Å². The van der Waals surface area contributed by atoms with E-state index < -0.39 is 6.10 Å². The van der Waals surface area contributed by atoms with Gasteiger partial charge < -0.3 is 9.84 Å². The van der Waals surface area contributed by atoms with E-state index in [1.807, 2.05) is 42.5 Å². The van der Waals surface area contributed by atoms with E-state index in [9.17, 15) is 5.11 Å². The van der Waals surface area contributed by atoms with E-state index in [2.05, 4.69) is 19.1 Å². The fourth-order valence-corrected chi connectivity index (χ4v) is 2.21. The lowest BCUT2D eigenvalue weighted by Gasteiger charge is -2.17. The number of hydrogen-bond donors (Lipinski definition) is 1. The number of ether oxygens (including phenoxy) is 1. The lowest BCUT2D eigenvalue weighted by Crippen LogP contribution is -2.03. The average Bonchev–Trinajstić information content (AvgIpc) is 2.48. The van der Waals surface area contributed by atoms with E-state index >= 15 is 0 Å². The molecule has 2 rings (SSSR count). The smallest absolute Gasteiger partial charge is 0.118 e. The summed E-state index contributed by atoms with van der Waals surface area (Å²) in [6.07, 6.45) is 0.300. The summed E-state index contributed by atoms with van der Waals surface area (Å²) in [6.45, 7) is 2.13. The Morgan fingerprint density at radius 1 is 0.947 bits per heavy atom. The molecule has 2 aromatic carbocycles. The Bertz CT molecular complexity index is 490. The third-order valence-corrected chi connectivity index (χ3v) is 3.45. The van der Waals surface area contributed by atoms with Gasteiger partial charge in [0.15, 0.2) is 0 Å². The Balaban J connectivity index is 2.02. The molecule has 0 aliphatic heterocycles. The Morgan fingerprint density at radius 3 is 2.16 bits per heavy atom. The van der Waals surface area contributed by atoms with E-state index in [1.165, 1.54) is 5.56 Å². The Morgan fingerprint density at radius 2 is 1.58 bits per heavy atom. The standard InChI is InChI=1S/C17H20O2/c1-13(14-8-10-16(19-2)11-9-14)12-17(18)15-6-4-3-5-7-15/h3-11,13,17-18H,12H2,1-2H3. The van der Waals surface area contributed by atoms with E-state index in [4.69, 9.17) is 4.74 Å². The lowest BCUT2D eigenvalue weighted by atomic mass is 9.92. The van der Waals surface area contributed by atoms with Crippen LogP contribution in [0.15, 0.2) is 54.6 Å². The largest absolute Gasteiger partial charge is 0.497 e. The van der Waals surface area contributed by atoms with E-state index in [0.717, 1.165) is 17.7 Å². The molecule has 0 saturated carbocycles. The topological polar surface area (TPSA) is 29.5 Å². The number of aliphatic hydroxyl groups is 1. The second-order valence-electron chi connectivity index (χ2n) is 4.84. The summed E-state index contributed by atoms with van der Waals surface area (Å²) in [4.78, 5) is 0. The van der Waals surface area contributed by atoms with Gasteiger partial charge in [-0.1, -0.05) is 49.4 Å². The van der Waals surface area contributed by atoms with Crippen molar-refractivity contribution in [1.82, 2.24) is 0 Å². The molecule has 2 heteroatoms. The average molecular weight is 256 g/mol. The predicted octanol–water partition coefficient (Wildman–Crippen LogP) is 3.92. The van der Waals surface area contributed by atoms with E-state index in [0.29, 0.717) is 5.92 Å². The third-order valence-electron chi connectivity index (χ3n) is 3.45. The van der Waals surface area contributed by atoms with Crippen LogP contribution in [0.4, 0.5) is 0 Å². The molecule has 0 aromatic heterocycles. The zero-order valence-corrected chi connectivity index (χ0v) is 11.4. The van der Waals surface area contributed by atoms with Gasteiger partial charge in [-0.25, -0.2) is 0 Å². The van der Waals surface area contributed by atoms with Crippen LogP contribution in [0.2, 0.25) is 0 Å². The highest BCUT2D eigenvalue weighted by atomic mass is 16.5. The fourth-order valence-electron chi connectivity index (χ4n) is 2.21. The number of hydrogen-bond acceptors (Lipinski definition) is 2. The molecule has 1 N–H and O–H groups in total. The minimum atomic E-state index is -0.418. The first kappa shape index (κ1) is 13.6. The summed E-state index contributed by atoms with van der Waals surface area (Å²) in [5, 5.41) is 10.2. The van der Waals surface area contributed by atoms with Gasteiger partial charge in [0, 0.05) is 0 Å². The highest BCUT2D eigenvalue weighted by Gasteiger charge is 2.13. The lowest BCUT2D eigenvalue weighted by molar-refractivity contribution is 0.159. The minimum absolute atomic E-state index is 0.307. The molecule has 2 aromatic rings. The van der Waals surface area contributed by atoms with Crippen molar-refractivity contribution in [3.05, 3.63) is 65.7 Å². The van der Waals surface area contributed by atoms with Gasteiger partial charge in [-0.05, 0) is 35.6 Å². The Hall–Kier alpha value is -1.80. The summed E-state index contributed by atoms with van der Waals surface area (Å²) in [5.41, 5.74) is 2.19. The molecule has 0 amide bonds. The SMILES string of the molecule is COc1ccc(C(C)CC(O)c2ccccc2)cc1. The van der Waals surface area contributed by atoms with Crippen molar-refractivity contribution in [3.8, 4) is 5.75 Å². The molecular weight excluding hydrogens is 236 g/mol. The number of methoxy groups -OCH3 is 1. The summed E-state index contributed by atoms with van der Waals surface area (Å²) >= 11 is 0. The van der Waals surface area contributed by atoms with Crippen molar-refractivity contribution in [1.29, 1.82) is 0 Å². The molecule has 0 spiro atoms. The first-order valence-electron chi connectivity index (χ1n) is 6.57. The van der Waals surface area contributed by atoms with Crippen LogP contribution in [0.5, 0.6) is 5.75 Å². The molecule has 2 nitrogen and oxygen atoms in total. The first-order valence-corrected chi connectivity index (χ1v) is 6.57. The predicted molar refractivity (Wildman–Crippen MR) is 77.4 cm³/mol. The normalized spacial score (nSPS) is 13.8. The van der Waals surface area contributed by atoms with Gasteiger partial charge in [0.1, 0.15) is 5.75 Å². The van der Waals surface area contributed by atoms with Crippen LogP contribution in [-0.4, -0.2) is 12.2 Å². The molecule has 19 heavy (non-hydrogen) atoms.